The lowest BCUT2D eigenvalue weighted by Gasteiger charge is -2.15. The Bertz CT molecular complexity index is 617. The molecule has 0 radical (unpaired) electrons. The van der Waals surface area contributed by atoms with Gasteiger partial charge in [-0.2, -0.15) is 0 Å². The number of hydrogen-bond acceptors (Lipinski definition) is 3. The van der Waals surface area contributed by atoms with Gasteiger partial charge in [0.15, 0.2) is 11.6 Å². The standard InChI is InChI=1S/C15H16BrFN2O/c1-9(2)20-15-8-14(13(18)7-12(15)17)19-11-5-3-4-10(16)6-11/h3-9,19H,18H2,1-2H3. The van der Waals surface area contributed by atoms with Crippen molar-refractivity contribution in [2.24, 2.45) is 0 Å². The molecule has 3 nitrogen and oxygen atoms in total. The molecule has 0 unspecified atom stereocenters. The Kier molecular flexibility index (Phi) is 4.49. The third-order valence-corrected chi connectivity index (χ3v) is 3.06. The Labute approximate surface area is 126 Å². The monoisotopic (exact) mass is 338 g/mol. The molecule has 0 spiro atoms. The zero-order chi connectivity index (χ0) is 14.7. The average Bonchev–Trinajstić information content (AvgIpc) is 2.34. The normalized spacial score (nSPS) is 10.7. The van der Waals surface area contributed by atoms with E-state index in [0.29, 0.717) is 11.4 Å². The number of nitrogen functional groups attached to an aromatic ring is 1. The van der Waals surface area contributed by atoms with E-state index in [9.17, 15) is 4.39 Å². The van der Waals surface area contributed by atoms with Crippen LogP contribution in [0.4, 0.5) is 21.5 Å². The maximum Gasteiger partial charge on any atom is 0.167 e. The highest BCUT2D eigenvalue weighted by molar-refractivity contribution is 9.10. The van der Waals surface area contributed by atoms with Crippen LogP contribution in [-0.4, -0.2) is 6.10 Å². The van der Waals surface area contributed by atoms with Crippen molar-refractivity contribution in [1.82, 2.24) is 0 Å². The van der Waals surface area contributed by atoms with Gasteiger partial charge in [-0.05, 0) is 32.0 Å². The molecule has 0 aliphatic heterocycles. The SMILES string of the molecule is CC(C)Oc1cc(Nc2cccc(Br)c2)c(N)cc1F. The van der Waals surface area contributed by atoms with Gasteiger partial charge in [0, 0.05) is 22.3 Å². The first kappa shape index (κ1) is 14.7. The minimum atomic E-state index is -0.462. The third-order valence-electron chi connectivity index (χ3n) is 2.57. The first-order valence-electron chi connectivity index (χ1n) is 6.24. The maximum atomic E-state index is 13.8. The molecular formula is C15H16BrFN2O. The molecular weight excluding hydrogens is 323 g/mol. The number of halogens is 2. The second-order valence-electron chi connectivity index (χ2n) is 4.67. The quantitative estimate of drug-likeness (QED) is 0.794. The van der Waals surface area contributed by atoms with Gasteiger partial charge >= 0.3 is 0 Å². The number of hydrogen-bond donors (Lipinski definition) is 2. The topological polar surface area (TPSA) is 47.3 Å². The van der Waals surface area contributed by atoms with Crippen LogP contribution in [0, 0.1) is 5.82 Å². The predicted octanol–water partition coefficient (Wildman–Crippen LogP) is 4.70. The van der Waals surface area contributed by atoms with Gasteiger partial charge in [0.05, 0.1) is 17.5 Å². The highest BCUT2D eigenvalue weighted by Crippen LogP contribution is 2.31. The Morgan fingerprint density at radius 1 is 1.25 bits per heavy atom. The summed E-state index contributed by atoms with van der Waals surface area (Å²) >= 11 is 3.40. The van der Waals surface area contributed by atoms with E-state index in [1.165, 1.54) is 6.07 Å². The van der Waals surface area contributed by atoms with Crippen LogP contribution in [0.3, 0.4) is 0 Å². The summed E-state index contributed by atoms with van der Waals surface area (Å²) in [6.07, 6.45) is -0.105. The molecule has 2 aromatic carbocycles. The summed E-state index contributed by atoms with van der Waals surface area (Å²) < 4.78 is 20.1. The van der Waals surface area contributed by atoms with Crippen LogP contribution < -0.4 is 15.8 Å². The summed E-state index contributed by atoms with van der Waals surface area (Å²) in [7, 11) is 0. The number of rotatable bonds is 4. The van der Waals surface area contributed by atoms with Crippen LogP contribution in [0.1, 0.15) is 13.8 Å². The summed E-state index contributed by atoms with van der Waals surface area (Å²) in [5, 5.41) is 3.15. The highest BCUT2D eigenvalue weighted by atomic mass is 79.9. The van der Waals surface area contributed by atoms with Crippen molar-refractivity contribution in [1.29, 1.82) is 0 Å². The van der Waals surface area contributed by atoms with Crippen molar-refractivity contribution >= 4 is 33.0 Å². The van der Waals surface area contributed by atoms with Gasteiger partial charge in [0.2, 0.25) is 0 Å². The molecule has 0 amide bonds. The van der Waals surface area contributed by atoms with Crippen LogP contribution in [0.5, 0.6) is 5.75 Å². The van der Waals surface area contributed by atoms with E-state index in [1.54, 1.807) is 6.07 Å². The van der Waals surface area contributed by atoms with E-state index in [2.05, 4.69) is 21.2 Å². The lowest BCUT2D eigenvalue weighted by atomic mass is 10.2. The van der Waals surface area contributed by atoms with Crippen molar-refractivity contribution in [3.63, 3.8) is 0 Å². The maximum absolute atomic E-state index is 13.8. The van der Waals surface area contributed by atoms with Crippen molar-refractivity contribution in [3.8, 4) is 5.75 Å². The number of anilines is 3. The van der Waals surface area contributed by atoms with Crippen LogP contribution >= 0.6 is 15.9 Å². The Morgan fingerprint density at radius 3 is 2.65 bits per heavy atom. The summed E-state index contributed by atoms with van der Waals surface area (Å²) in [5.41, 5.74) is 7.64. The van der Waals surface area contributed by atoms with Crippen molar-refractivity contribution < 1.29 is 9.13 Å². The Hall–Kier alpha value is -1.75. The van der Waals surface area contributed by atoms with E-state index in [4.69, 9.17) is 10.5 Å². The summed E-state index contributed by atoms with van der Waals surface area (Å²) in [5.74, 6) is -0.275. The van der Waals surface area contributed by atoms with E-state index in [0.717, 1.165) is 10.2 Å². The fourth-order valence-corrected chi connectivity index (χ4v) is 2.14. The third kappa shape index (κ3) is 3.63. The van der Waals surface area contributed by atoms with E-state index < -0.39 is 5.82 Å². The molecule has 0 fully saturated rings. The largest absolute Gasteiger partial charge is 0.488 e. The lowest BCUT2D eigenvalue weighted by Crippen LogP contribution is -2.08. The summed E-state index contributed by atoms with van der Waals surface area (Å²) in [6.45, 7) is 3.69. The van der Waals surface area contributed by atoms with Gasteiger partial charge < -0.3 is 15.8 Å². The molecule has 2 aromatic rings. The summed E-state index contributed by atoms with van der Waals surface area (Å²) in [6, 6.07) is 10.5. The second-order valence-corrected chi connectivity index (χ2v) is 5.59. The van der Waals surface area contributed by atoms with E-state index in [-0.39, 0.29) is 11.9 Å². The van der Waals surface area contributed by atoms with Crippen molar-refractivity contribution in [3.05, 3.63) is 46.7 Å². The van der Waals surface area contributed by atoms with Gasteiger partial charge in [-0.15, -0.1) is 0 Å². The van der Waals surface area contributed by atoms with Crippen molar-refractivity contribution in [2.75, 3.05) is 11.1 Å². The molecule has 0 bridgehead atoms. The Balaban J connectivity index is 2.31. The fraction of sp³-hybridized carbons (Fsp3) is 0.200. The van der Waals surface area contributed by atoms with E-state index >= 15 is 0 Å². The number of ether oxygens (including phenoxy) is 1. The zero-order valence-corrected chi connectivity index (χ0v) is 12.9. The molecule has 0 saturated heterocycles. The second kappa shape index (κ2) is 6.13. The van der Waals surface area contributed by atoms with Gasteiger partial charge in [-0.3, -0.25) is 0 Å². The molecule has 0 heterocycles. The van der Waals surface area contributed by atoms with Gasteiger partial charge in [-0.1, -0.05) is 22.0 Å². The molecule has 5 heteroatoms. The fourth-order valence-electron chi connectivity index (χ4n) is 1.74. The first-order chi connectivity index (χ1) is 9.45. The molecule has 0 aliphatic carbocycles. The molecule has 3 N–H and O–H groups in total. The highest BCUT2D eigenvalue weighted by Gasteiger charge is 2.11. The molecule has 20 heavy (non-hydrogen) atoms. The number of nitrogens with one attached hydrogen (secondary N) is 1. The van der Waals surface area contributed by atoms with Gasteiger partial charge in [0.25, 0.3) is 0 Å². The van der Waals surface area contributed by atoms with Crippen LogP contribution in [-0.2, 0) is 0 Å². The average molecular weight is 339 g/mol. The molecule has 106 valence electrons. The van der Waals surface area contributed by atoms with Crippen LogP contribution in [0.15, 0.2) is 40.9 Å². The zero-order valence-electron chi connectivity index (χ0n) is 11.3. The van der Waals surface area contributed by atoms with Crippen LogP contribution in [0.2, 0.25) is 0 Å². The smallest absolute Gasteiger partial charge is 0.167 e. The molecule has 0 saturated carbocycles. The summed E-state index contributed by atoms with van der Waals surface area (Å²) in [4.78, 5) is 0. The minimum absolute atomic E-state index is 0.105. The minimum Gasteiger partial charge on any atom is -0.488 e. The molecule has 0 atom stereocenters. The Morgan fingerprint density at radius 2 is 2.00 bits per heavy atom. The predicted molar refractivity (Wildman–Crippen MR) is 84.0 cm³/mol. The lowest BCUT2D eigenvalue weighted by molar-refractivity contribution is 0.231. The molecule has 0 aliphatic rings. The number of nitrogens with two attached hydrogens (primary N) is 1. The van der Waals surface area contributed by atoms with E-state index in [1.807, 2.05) is 38.1 Å². The van der Waals surface area contributed by atoms with Gasteiger partial charge in [0.1, 0.15) is 0 Å². The number of benzene rings is 2. The van der Waals surface area contributed by atoms with Crippen molar-refractivity contribution in [2.45, 2.75) is 20.0 Å². The molecule has 2 rings (SSSR count). The van der Waals surface area contributed by atoms with Crippen LogP contribution in [0.25, 0.3) is 0 Å². The van der Waals surface area contributed by atoms with Gasteiger partial charge in [-0.25, -0.2) is 4.39 Å². The molecule has 0 aromatic heterocycles. The first-order valence-corrected chi connectivity index (χ1v) is 7.03.